The predicted molar refractivity (Wildman–Crippen MR) is 85.0 cm³/mol. The number of carbonyl (C=O) groups is 2. The quantitative estimate of drug-likeness (QED) is 0.772. The van der Waals surface area contributed by atoms with E-state index in [1.54, 1.807) is 43.3 Å². The van der Waals surface area contributed by atoms with Gasteiger partial charge < -0.3 is 10.4 Å². The summed E-state index contributed by atoms with van der Waals surface area (Å²) in [6.45, 7) is 1.43. The van der Waals surface area contributed by atoms with E-state index < -0.39 is 23.5 Å². The van der Waals surface area contributed by atoms with Crippen LogP contribution in [0.25, 0.3) is 10.8 Å². The Bertz CT molecular complexity index is 810. The number of nitrogens with zero attached hydrogens (tertiary/aromatic N) is 2. The van der Waals surface area contributed by atoms with Gasteiger partial charge in [-0.05, 0) is 19.4 Å². The molecule has 2 aromatic rings. The van der Waals surface area contributed by atoms with E-state index in [9.17, 15) is 14.4 Å². The lowest BCUT2D eigenvalue weighted by Crippen LogP contribution is -2.43. The Kier molecular flexibility index (Phi) is 5.24. The van der Waals surface area contributed by atoms with Crippen molar-refractivity contribution in [2.75, 3.05) is 0 Å². The van der Waals surface area contributed by atoms with Crippen LogP contribution in [-0.2, 0) is 16.1 Å². The zero-order valence-electron chi connectivity index (χ0n) is 12.6. The molecule has 23 heavy (non-hydrogen) atoms. The number of hydrogen-bond donors (Lipinski definition) is 2. The normalized spacial score (nSPS) is 12.4. The van der Waals surface area contributed by atoms with Crippen molar-refractivity contribution < 1.29 is 14.7 Å². The molecule has 0 aliphatic rings. The van der Waals surface area contributed by atoms with Crippen LogP contribution in [0.1, 0.15) is 13.3 Å². The van der Waals surface area contributed by atoms with E-state index in [2.05, 4.69) is 10.4 Å². The van der Waals surface area contributed by atoms with Gasteiger partial charge >= 0.3 is 5.97 Å². The number of aliphatic carboxylic acids is 1. The van der Waals surface area contributed by atoms with Crippen LogP contribution in [0.5, 0.6) is 0 Å². The lowest BCUT2D eigenvalue weighted by Gasteiger charge is -2.13. The molecule has 0 saturated carbocycles. The first-order chi connectivity index (χ1) is 11.0. The fraction of sp³-hybridized carbons (Fsp3) is 0.250. The third-order valence-electron chi connectivity index (χ3n) is 3.30. The van der Waals surface area contributed by atoms with Gasteiger partial charge in [0.15, 0.2) is 0 Å². The molecule has 120 valence electrons. The second-order valence-electron chi connectivity index (χ2n) is 4.96. The molecule has 0 fully saturated rings. The lowest BCUT2D eigenvalue weighted by atomic mass is 10.2. The first kappa shape index (κ1) is 16.4. The van der Waals surface area contributed by atoms with Gasteiger partial charge in [0.2, 0.25) is 5.91 Å². The van der Waals surface area contributed by atoms with Gasteiger partial charge in [-0.15, -0.1) is 0 Å². The van der Waals surface area contributed by atoms with Crippen molar-refractivity contribution >= 4 is 22.6 Å². The molecule has 2 N–H and O–H groups in total. The lowest BCUT2D eigenvalue weighted by molar-refractivity contribution is -0.141. The van der Waals surface area contributed by atoms with Crippen molar-refractivity contribution in [2.24, 2.45) is 0 Å². The summed E-state index contributed by atoms with van der Waals surface area (Å²) in [6.07, 6.45) is 5.03. The van der Waals surface area contributed by atoms with Crippen LogP contribution < -0.4 is 10.9 Å². The molecule has 1 aromatic heterocycles. The summed E-state index contributed by atoms with van der Waals surface area (Å²) in [6, 6.07) is 5.89. The van der Waals surface area contributed by atoms with Gasteiger partial charge in [-0.2, -0.15) is 5.10 Å². The Morgan fingerprint density at radius 1 is 1.39 bits per heavy atom. The minimum atomic E-state index is -1.13. The van der Waals surface area contributed by atoms with Crippen molar-refractivity contribution in [2.45, 2.75) is 25.9 Å². The highest BCUT2D eigenvalue weighted by atomic mass is 16.4. The smallest absolute Gasteiger partial charge is 0.326 e. The Morgan fingerprint density at radius 3 is 2.83 bits per heavy atom. The molecule has 7 heteroatoms. The molecule has 1 unspecified atom stereocenters. The van der Waals surface area contributed by atoms with E-state index in [1.165, 1.54) is 6.20 Å². The molecule has 1 aromatic carbocycles. The van der Waals surface area contributed by atoms with Gasteiger partial charge in [0, 0.05) is 5.39 Å². The first-order valence-corrected chi connectivity index (χ1v) is 7.11. The fourth-order valence-corrected chi connectivity index (χ4v) is 2.11. The molecule has 1 amide bonds. The van der Waals surface area contributed by atoms with Crippen molar-refractivity contribution in [3.8, 4) is 0 Å². The summed E-state index contributed by atoms with van der Waals surface area (Å²) in [7, 11) is 0. The van der Waals surface area contributed by atoms with E-state index in [0.717, 1.165) is 4.68 Å². The Labute approximate surface area is 132 Å². The Hall–Kier alpha value is -2.96. The summed E-state index contributed by atoms with van der Waals surface area (Å²) in [5.74, 6) is -1.71. The highest BCUT2D eigenvalue weighted by Crippen LogP contribution is 2.06. The highest BCUT2D eigenvalue weighted by molar-refractivity contribution is 5.84. The molecule has 1 atom stereocenters. The fourth-order valence-electron chi connectivity index (χ4n) is 2.11. The molecule has 0 saturated heterocycles. The van der Waals surface area contributed by atoms with Gasteiger partial charge in [-0.1, -0.05) is 30.4 Å². The summed E-state index contributed by atoms with van der Waals surface area (Å²) >= 11 is 0. The highest BCUT2D eigenvalue weighted by Gasteiger charge is 2.19. The van der Waals surface area contributed by atoms with Crippen LogP contribution >= 0.6 is 0 Å². The number of benzene rings is 1. The van der Waals surface area contributed by atoms with Gasteiger partial charge in [-0.3, -0.25) is 9.59 Å². The third kappa shape index (κ3) is 4.03. The van der Waals surface area contributed by atoms with E-state index in [-0.39, 0.29) is 13.0 Å². The van der Waals surface area contributed by atoms with Crippen LogP contribution in [0, 0.1) is 0 Å². The average molecular weight is 315 g/mol. The molecule has 0 aliphatic carbocycles. The van der Waals surface area contributed by atoms with E-state index in [4.69, 9.17) is 5.11 Å². The first-order valence-electron chi connectivity index (χ1n) is 7.11. The maximum atomic E-state index is 12.2. The molecular formula is C16H17N3O4. The maximum Gasteiger partial charge on any atom is 0.326 e. The molecule has 1 heterocycles. The minimum Gasteiger partial charge on any atom is -0.480 e. The summed E-state index contributed by atoms with van der Waals surface area (Å²) < 4.78 is 1.02. The van der Waals surface area contributed by atoms with Crippen molar-refractivity contribution in [1.29, 1.82) is 0 Å². The molecule has 0 aliphatic heterocycles. The number of rotatable bonds is 6. The van der Waals surface area contributed by atoms with Crippen LogP contribution in [0.3, 0.4) is 0 Å². The predicted octanol–water partition coefficient (Wildman–Crippen LogP) is 0.932. The van der Waals surface area contributed by atoms with Crippen LogP contribution in [0.4, 0.5) is 0 Å². The number of amides is 1. The second kappa shape index (κ2) is 7.35. The second-order valence-corrected chi connectivity index (χ2v) is 4.96. The summed E-state index contributed by atoms with van der Waals surface area (Å²) in [5, 5.41) is 16.5. The standard InChI is InChI=1S/C16H17N3O4/c1-2-3-8-13(16(22)23)18-14(20)10-19-15(21)12-7-5-4-6-11(12)9-17-19/h2-7,9,13H,8,10H2,1H3,(H,18,20)(H,22,23)/b3-2+. The number of fused-ring (bicyclic) bond motifs is 1. The van der Waals surface area contributed by atoms with Crippen LogP contribution in [0.2, 0.25) is 0 Å². The summed E-state index contributed by atoms with van der Waals surface area (Å²) in [5.41, 5.74) is -0.390. The van der Waals surface area contributed by atoms with Gasteiger partial charge in [-0.25, -0.2) is 9.48 Å². The molecule has 0 bridgehead atoms. The van der Waals surface area contributed by atoms with Gasteiger partial charge in [0.1, 0.15) is 12.6 Å². The molecule has 2 rings (SSSR count). The van der Waals surface area contributed by atoms with Crippen LogP contribution in [0.15, 0.2) is 47.4 Å². The molecule has 7 nitrogen and oxygen atoms in total. The minimum absolute atomic E-state index is 0.178. The zero-order chi connectivity index (χ0) is 16.8. The number of hydrogen-bond acceptors (Lipinski definition) is 4. The van der Waals surface area contributed by atoms with E-state index in [1.807, 2.05) is 0 Å². The summed E-state index contributed by atoms with van der Waals surface area (Å²) in [4.78, 5) is 35.3. The molecular weight excluding hydrogens is 298 g/mol. The van der Waals surface area contributed by atoms with E-state index >= 15 is 0 Å². The SMILES string of the molecule is C/C=C/CC(NC(=O)Cn1ncc2ccccc2c1=O)C(=O)O. The topological polar surface area (TPSA) is 101 Å². The van der Waals surface area contributed by atoms with Crippen LogP contribution in [-0.4, -0.2) is 32.8 Å². The number of carboxylic acid groups (broad SMARTS) is 1. The third-order valence-corrected chi connectivity index (χ3v) is 3.30. The van der Waals surface area contributed by atoms with Gasteiger partial charge in [0.05, 0.1) is 11.6 Å². The number of allylic oxidation sites excluding steroid dienone is 1. The number of nitrogens with one attached hydrogen (secondary N) is 1. The molecule has 0 radical (unpaired) electrons. The maximum absolute atomic E-state index is 12.2. The Morgan fingerprint density at radius 2 is 2.13 bits per heavy atom. The van der Waals surface area contributed by atoms with Crippen molar-refractivity contribution in [1.82, 2.24) is 15.1 Å². The van der Waals surface area contributed by atoms with Crippen molar-refractivity contribution in [3.63, 3.8) is 0 Å². The monoisotopic (exact) mass is 315 g/mol. The zero-order valence-corrected chi connectivity index (χ0v) is 12.6. The number of carbonyl (C=O) groups excluding carboxylic acids is 1. The largest absolute Gasteiger partial charge is 0.480 e. The van der Waals surface area contributed by atoms with E-state index in [0.29, 0.717) is 10.8 Å². The number of aromatic nitrogens is 2. The number of carboxylic acids is 1. The molecule has 0 spiro atoms. The Balaban J connectivity index is 2.15. The van der Waals surface area contributed by atoms with Crippen molar-refractivity contribution in [3.05, 3.63) is 53.0 Å². The van der Waals surface area contributed by atoms with Gasteiger partial charge in [0.25, 0.3) is 5.56 Å². The average Bonchev–Trinajstić information content (AvgIpc) is 2.54.